The fourth-order valence-electron chi connectivity index (χ4n) is 3.60. The molecule has 0 aromatic heterocycles. The first-order valence-electron chi connectivity index (χ1n) is 9.31. The van der Waals surface area contributed by atoms with E-state index in [9.17, 15) is 0 Å². The fourth-order valence-corrected chi connectivity index (χ4v) is 3.60. The summed E-state index contributed by atoms with van der Waals surface area (Å²) in [6.45, 7) is 17.5. The van der Waals surface area contributed by atoms with E-state index in [2.05, 4.69) is 79.1 Å². The summed E-state index contributed by atoms with van der Waals surface area (Å²) in [6.07, 6.45) is 7.74. The Morgan fingerprint density at radius 1 is 0.500 bits per heavy atom. The highest BCUT2D eigenvalue weighted by Gasteiger charge is 2.22. The lowest BCUT2D eigenvalue weighted by Crippen LogP contribution is -1.96. The lowest BCUT2D eigenvalue weighted by molar-refractivity contribution is 0.943. The van der Waals surface area contributed by atoms with Crippen LogP contribution in [0.15, 0.2) is 68.9 Å². The number of hydrogen-bond donors (Lipinski definition) is 0. The Bertz CT molecular complexity index is 786. The normalized spacial score (nSPS) is 19.2. The van der Waals surface area contributed by atoms with Crippen LogP contribution in [0, 0.1) is 35.5 Å². The molecule has 0 amide bonds. The first-order chi connectivity index (χ1) is 12.3. The average molecular weight is 343 g/mol. The highest BCUT2D eigenvalue weighted by molar-refractivity contribution is 5.51. The van der Waals surface area contributed by atoms with Gasteiger partial charge in [-0.05, 0) is 89.8 Å². The van der Waals surface area contributed by atoms with Gasteiger partial charge in [-0.3, -0.25) is 0 Å². The topological polar surface area (TPSA) is 0 Å². The van der Waals surface area contributed by atoms with Crippen molar-refractivity contribution in [1.29, 1.82) is 0 Å². The molecule has 0 spiro atoms. The van der Waals surface area contributed by atoms with Crippen molar-refractivity contribution in [3.05, 3.63) is 68.9 Å². The maximum atomic E-state index is 3.36. The molecule has 26 heavy (non-hydrogen) atoms. The van der Waals surface area contributed by atoms with Crippen molar-refractivity contribution >= 4 is 0 Å². The van der Waals surface area contributed by atoms with E-state index in [0.29, 0.717) is 0 Å². The Kier molecular flexibility index (Phi) is 6.34. The summed E-state index contributed by atoms with van der Waals surface area (Å²) >= 11 is 0. The first-order valence-corrected chi connectivity index (χ1v) is 9.31. The molecule has 134 valence electrons. The summed E-state index contributed by atoms with van der Waals surface area (Å²) in [4.78, 5) is 0. The van der Waals surface area contributed by atoms with Crippen LogP contribution in [0.3, 0.4) is 0 Å². The maximum Gasteiger partial charge on any atom is 0.0631 e. The minimum absolute atomic E-state index is 0.279. The van der Waals surface area contributed by atoms with E-state index >= 15 is 0 Å². The molecule has 0 heteroatoms. The lowest BCUT2D eigenvalue weighted by atomic mass is 9.97. The maximum absolute atomic E-state index is 3.36. The van der Waals surface area contributed by atoms with Crippen LogP contribution in [-0.2, 0) is 0 Å². The molecule has 0 fully saturated rings. The predicted molar refractivity (Wildman–Crippen MR) is 114 cm³/mol. The van der Waals surface area contributed by atoms with Gasteiger partial charge in [0.25, 0.3) is 0 Å². The Labute approximate surface area is 160 Å². The quantitative estimate of drug-likeness (QED) is 0.367. The predicted octanol–water partition coefficient (Wildman–Crippen LogP) is 6.71. The first kappa shape index (κ1) is 19.9. The van der Waals surface area contributed by atoms with E-state index in [4.69, 9.17) is 0 Å². The average Bonchev–Trinajstić information content (AvgIpc) is 2.92. The van der Waals surface area contributed by atoms with Gasteiger partial charge in [0.15, 0.2) is 0 Å². The van der Waals surface area contributed by atoms with Gasteiger partial charge >= 0.3 is 0 Å². The number of hydrogen-bond acceptors (Lipinski definition) is 0. The lowest BCUT2D eigenvalue weighted by Gasteiger charge is -2.05. The third-order valence-corrected chi connectivity index (χ3v) is 6.15. The van der Waals surface area contributed by atoms with Crippen molar-refractivity contribution in [2.45, 2.75) is 55.4 Å². The van der Waals surface area contributed by atoms with Crippen LogP contribution >= 0.6 is 0 Å². The van der Waals surface area contributed by atoms with E-state index < -0.39 is 0 Å². The molecule has 2 aliphatic rings. The fraction of sp³-hybridized carbons (Fsp3) is 0.385. The van der Waals surface area contributed by atoms with Gasteiger partial charge in [0.05, 0.1) is 11.8 Å². The van der Waals surface area contributed by atoms with Gasteiger partial charge in [-0.15, -0.1) is 0 Å². The highest BCUT2D eigenvalue weighted by Crippen LogP contribution is 2.36. The van der Waals surface area contributed by atoms with Crippen LogP contribution in [0.4, 0.5) is 0 Å². The van der Waals surface area contributed by atoms with E-state index in [-0.39, 0.29) is 11.8 Å². The monoisotopic (exact) mass is 342 g/mol. The molecule has 0 unspecified atom stereocenters. The molecule has 0 aliphatic heterocycles. The van der Waals surface area contributed by atoms with Crippen LogP contribution in [0.1, 0.15) is 55.4 Å². The summed E-state index contributed by atoms with van der Waals surface area (Å²) in [7, 11) is 0. The standard InChI is InChI=1S/C26H30/c1-17-18(2)22(6)25(21(17)5)15-13-11-9-10-12-14-16-26-23(7)19(3)20(4)24(26)8/h9-12,25-26H,1-8H3/b11-9+,12-10+. The third kappa shape index (κ3) is 3.86. The Hall–Kier alpha value is -2.44. The zero-order chi connectivity index (χ0) is 19.4. The Morgan fingerprint density at radius 2 is 0.769 bits per heavy atom. The minimum atomic E-state index is 0.279. The van der Waals surface area contributed by atoms with Crippen molar-refractivity contribution in [2.24, 2.45) is 11.8 Å². The molecule has 0 bridgehead atoms. The van der Waals surface area contributed by atoms with Gasteiger partial charge in [-0.2, -0.15) is 0 Å². The van der Waals surface area contributed by atoms with E-state index in [1.165, 1.54) is 44.6 Å². The van der Waals surface area contributed by atoms with Crippen molar-refractivity contribution < 1.29 is 0 Å². The second kappa shape index (κ2) is 8.29. The van der Waals surface area contributed by atoms with Gasteiger partial charge in [0.2, 0.25) is 0 Å². The molecule has 0 saturated heterocycles. The molecule has 0 nitrogen and oxygen atoms in total. The molecule has 0 aromatic rings. The van der Waals surface area contributed by atoms with Crippen LogP contribution in [-0.4, -0.2) is 0 Å². The molecular weight excluding hydrogens is 312 g/mol. The zero-order valence-electron chi connectivity index (χ0n) is 17.5. The van der Waals surface area contributed by atoms with Gasteiger partial charge in [-0.25, -0.2) is 0 Å². The Balaban J connectivity index is 1.97. The molecule has 0 saturated carbocycles. The summed E-state index contributed by atoms with van der Waals surface area (Å²) in [5, 5.41) is 0. The third-order valence-electron chi connectivity index (χ3n) is 6.15. The second-order valence-electron chi connectivity index (χ2n) is 7.39. The van der Waals surface area contributed by atoms with E-state index in [0.717, 1.165) is 0 Å². The second-order valence-corrected chi connectivity index (χ2v) is 7.39. The largest absolute Gasteiger partial charge is 0.0861 e. The van der Waals surface area contributed by atoms with Crippen molar-refractivity contribution in [3.8, 4) is 23.7 Å². The molecule has 0 radical (unpaired) electrons. The molecule has 0 aromatic carbocycles. The van der Waals surface area contributed by atoms with E-state index in [1.807, 2.05) is 24.3 Å². The van der Waals surface area contributed by atoms with Gasteiger partial charge in [0.1, 0.15) is 0 Å². The summed E-state index contributed by atoms with van der Waals surface area (Å²) < 4.78 is 0. The van der Waals surface area contributed by atoms with Gasteiger partial charge < -0.3 is 0 Å². The summed E-state index contributed by atoms with van der Waals surface area (Å²) in [6, 6.07) is 0. The van der Waals surface area contributed by atoms with Crippen LogP contribution in [0.2, 0.25) is 0 Å². The minimum Gasteiger partial charge on any atom is -0.0861 e. The van der Waals surface area contributed by atoms with Gasteiger partial charge in [-0.1, -0.05) is 58.1 Å². The van der Waals surface area contributed by atoms with E-state index in [1.54, 1.807) is 0 Å². The molecule has 2 aliphatic carbocycles. The van der Waals surface area contributed by atoms with Crippen molar-refractivity contribution in [1.82, 2.24) is 0 Å². The molecule has 0 heterocycles. The molecular formula is C26H30. The Morgan fingerprint density at radius 3 is 1.04 bits per heavy atom. The van der Waals surface area contributed by atoms with Crippen LogP contribution in [0.5, 0.6) is 0 Å². The summed E-state index contributed by atoms with van der Waals surface area (Å²) in [5.74, 6) is 13.6. The highest BCUT2D eigenvalue weighted by atomic mass is 14.3. The number of rotatable bonds is 1. The molecule has 0 atom stereocenters. The summed E-state index contributed by atoms with van der Waals surface area (Å²) in [5.41, 5.74) is 11.1. The van der Waals surface area contributed by atoms with Crippen molar-refractivity contribution in [3.63, 3.8) is 0 Å². The van der Waals surface area contributed by atoms with Crippen LogP contribution < -0.4 is 0 Å². The SMILES string of the molecule is CC1=C(C)C(C#C/C=C/C=C/C#CC2C(C)=C(C)C(C)=C2C)C(C)=C1C. The van der Waals surface area contributed by atoms with Gasteiger partial charge in [0, 0.05) is 0 Å². The van der Waals surface area contributed by atoms with Crippen LogP contribution in [0.25, 0.3) is 0 Å². The molecule has 2 rings (SSSR count). The smallest absolute Gasteiger partial charge is 0.0631 e. The molecule has 0 N–H and O–H groups in total. The van der Waals surface area contributed by atoms with Crippen molar-refractivity contribution in [2.75, 3.05) is 0 Å². The number of allylic oxidation sites excluding steroid dienone is 12. The zero-order valence-corrected chi connectivity index (χ0v) is 17.5.